The van der Waals surface area contributed by atoms with Gasteiger partial charge in [-0.3, -0.25) is 5.41 Å². The van der Waals surface area contributed by atoms with Crippen LogP contribution in [0.25, 0.3) is 5.69 Å². The van der Waals surface area contributed by atoms with E-state index in [1.807, 2.05) is 35.2 Å². The first-order chi connectivity index (χ1) is 12.3. The molecule has 0 aliphatic rings. The fourth-order valence-electron chi connectivity index (χ4n) is 2.65. The van der Waals surface area contributed by atoms with E-state index in [1.165, 1.54) is 0 Å². The number of rotatable bonds is 7. The van der Waals surface area contributed by atoms with Gasteiger partial charge in [-0.1, -0.05) is 72.8 Å². The molecule has 2 aromatic rings. The van der Waals surface area contributed by atoms with Crippen LogP contribution in [0.4, 0.5) is 0 Å². The maximum atomic E-state index is 7.19. The molecule has 0 amide bonds. The number of guanidine groups is 1. The number of hydrogen-bond acceptors (Lipinski definition) is 2. The number of para-hydroxylation sites is 1. The smallest absolute Gasteiger partial charge is 0.218 e. The van der Waals surface area contributed by atoms with Crippen molar-refractivity contribution in [3.63, 3.8) is 0 Å². The number of halogens is 3. The number of alkyl halides is 3. The van der Waals surface area contributed by atoms with Crippen molar-refractivity contribution in [2.24, 2.45) is 10.8 Å². The van der Waals surface area contributed by atoms with Crippen LogP contribution >= 0.6 is 34.8 Å². The first kappa shape index (κ1) is 20.6. The molecular formula is C18H22Cl3N5. The first-order valence-electron chi connectivity index (χ1n) is 8.33. The number of benzene rings is 1. The molecule has 0 saturated heterocycles. The summed E-state index contributed by atoms with van der Waals surface area (Å²) in [5, 5.41) is 11.2. The van der Waals surface area contributed by atoms with Crippen LogP contribution in [0, 0.1) is 5.41 Å². The largest absolute Gasteiger partial charge is 0.369 e. The minimum Gasteiger partial charge on any atom is -0.369 e. The monoisotopic (exact) mass is 413 g/mol. The van der Waals surface area contributed by atoms with Gasteiger partial charge in [0.05, 0.1) is 11.9 Å². The van der Waals surface area contributed by atoms with E-state index in [0.717, 1.165) is 42.5 Å². The summed E-state index contributed by atoms with van der Waals surface area (Å²) in [5.74, 6) is -0.213. The fourth-order valence-corrected chi connectivity index (χ4v) is 3.13. The van der Waals surface area contributed by atoms with Gasteiger partial charge in [-0.25, -0.2) is 5.43 Å². The lowest BCUT2D eigenvalue weighted by atomic mass is 10.1. The summed E-state index contributed by atoms with van der Waals surface area (Å²) >= 11 is 18.4. The van der Waals surface area contributed by atoms with Crippen molar-refractivity contribution < 1.29 is 0 Å². The molecule has 0 spiro atoms. The molecule has 4 N–H and O–H groups in total. The Morgan fingerprint density at radius 3 is 2.65 bits per heavy atom. The Bertz CT molecular complexity index is 777. The van der Waals surface area contributed by atoms with Crippen LogP contribution in [0.1, 0.15) is 42.9 Å². The lowest BCUT2D eigenvalue weighted by Gasteiger charge is -2.16. The van der Waals surface area contributed by atoms with Gasteiger partial charge in [0.15, 0.2) is 0 Å². The predicted octanol–water partition coefficient (Wildman–Crippen LogP) is 4.85. The molecule has 0 saturated carbocycles. The van der Waals surface area contributed by atoms with Gasteiger partial charge in [-0.05, 0) is 24.5 Å². The molecule has 1 heterocycles. The molecule has 1 aromatic carbocycles. The quantitative estimate of drug-likeness (QED) is 0.199. The van der Waals surface area contributed by atoms with Gasteiger partial charge < -0.3 is 10.3 Å². The maximum absolute atomic E-state index is 7.19. The Kier molecular flexibility index (Phi) is 7.38. The summed E-state index contributed by atoms with van der Waals surface area (Å²) in [4.78, 5) is 0. The van der Waals surface area contributed by atoms with E-state index in [1.54, 1.807) is 12.3 Å². The maximum Gasteiger partial charge on any atom is 0.218 e. The molecule has 1 aromatic heterocycles. The minimum absolute atomic E-state index is 0.213. The number of aromatic nitrogens is 1. The third-order valence-electron chi connectivity index (χ3n) is 3.87. The Hall–Kier alpha value is -1.69. The summed E-state index contributed by atoms with van der Waals surface area (Å²) in [6.45, 7) is 2.17. The van der Waals surface area contributed by atoms with Crippen LogP contribution in [0.2, 0.25) is 0 Å². The van der Waals surface area contributed by atoms with Crippen LogP contribution in [-0.4, -0.2) is 16.7 Å². The molecule has 0 aliphatic heterocycles. The second-order valence-corrected chi connectivity index (χ2v) is 8.18. The highest BCUT2D eigenvalue weighted by Crippen LogP contribution is 2.41. The molecule has 140 valence electrons. The summed E-state index contributed by atoms with van der Waals surface area (Å²) in [6.07, 6.45) is 9.90. The molecule has 2 rings (SSSR count). The lowest BCUT2D eigenvalue weighted by Crippen LogP contribution is -2.25. The highest BCUT2D eigenvalue weighted by atomic mass is 35.6. The van der Waals surface area contributed by atoms with Gasteiger partial charge in [-0.2, -0.15) is 5.10 Å². The number of nitrogens with one attached hydrogen (secondary N) is 2. The topological polar surface area (TPSA) is 79.2 Å². The van der Waals surface area contributed by atoms with Crippen LogP contribution in [-0.2, 0) is 10.2 Å². The summed E-state index contributed by atoms with van der Waals surface area (Å²) in [6, 6.07) is 7.44. The molecule has 0 unspecified atom stereocenters. The molecule has 0 bridgehead atoms. The number of nitrogens with two attached hydrogens (primary N) is 1. The first-order valence-corrected chi connectivity index (χ1v) is 9.47. The fraction of sp³-hybridized carbons (Fsp3) is 0.333. The SMILES string of the molecule is CCCCCc1cn(-c2ccccc2C(Cl)(Cl)Cl)cc1/C=N/NC(=N)N. The Morgan fingerprint density at radius 2 is 2.00 bits per heavy atom. The van der Waals surface area contributed by atoms with Crippen molar-refractivity contribution in [1.29, 1.82) is 5.41 Å². The molecule has 0 atom stereocenters. The van der Waals surface area contributed by atoms with E-state index in [0.29, 0.717) is 5.56 Å². The summed E-state index contributed by atoms with van der Waals surface area (Å²) in [7, 11) is 0. The van der Waals surface area contributed by atoms with Crippen LogP contribution in [0.3, 0.4) is 0 Å². The van der Waals surface area contributed by atoms with Crippen molar-refractivity contribution in [2.45, 2.75) is 36.4 Å². The third-order valence-corrected chi connectivity index (χ3v) is 4.48. The molecule has 0 fully saturated rings. The predicted molar refractivity (Wildman–Crippen MR) is 111 cm³/mol. The summed E-state index contributed by atoms with van der Waals surface area (Å²) < 4.78 is 0.418. The molecule has 26 heavy (non-hydrogen) atoms. The Balaban J connectivity index is 2.41. The highest BCUT2D eigenvalue weighted by molar-refractivity contribution is 6.66. The van der Waals surface area contributed by atoms with E-state index >= 15 is 0 Å². The van der Waals surface area contributed by atoms with E-state index in [9.17, 15) is 0 Å². The van der Waals surface area contributed by atoms with Gasteiger partial charge in [0.25, 0.3) is 0 Å². The zero-order valence-corrected chi connectivity index (χ0v) is 16.7. The van der Waals surface area contributed by atoms with Crippen molar-refractivity contribution >= 4 is 47.0 Å². The number of hydrazone groups is 1. The normalized spacial score (nSPS) is 11.8. The van der Waals surface area contributed by atoms with Gasteiger partial charge >= 0.3 is 0 Å². The zero-order valence-electron chi connectivity index (χ0n) is 14.5. The highest BCUT2D eigenvalue weighted by Gasteiger charge is 2.26. The Labute approximate surface area is 168 Å². The van der Waals surface area contributed by atoms with Crippen molar-refractivity contribution in [3.8, 4) is 5.69 Å². The second-order valence-electron chi connectivity index (χ2n) is 5.90. The van der Waals surface area contributed by atoms with Crippen molar-refractivity contribution in [1.82, 2.24) is 9.99 Å². The molecule has 5 nitrogen and oxygen atoms in total. The summed E-state index contributed by atoms with van der Waals surface area (Å²) in [5.41, 5.74) is 11.2. The van der Waals surface area contributed by atoms with Crippen LogP contribution < -0.4 is 11.2 Å². The van der Waals surface area contributed by atoms with Gasteiger partial charge in [0.2, 0.25) is 9.75 Å². The van der Waals surface area contributed by atoms with Gasteiger partial charge in [0, 0.05) is 23.5 Å². The average molecular weight is 415 g/mol. The second kappa shape index (κ2) is 9.31. The number of nitrogens with zero attached hydrogens (tertiary/aromatic N) is 2. The molecule has 8 heteroatoms. The van der Waals surface area contributed by atoms with Crippen LogP contribution in [0.5, 0.6) is 0 Å². The van der Waals surface area contributed by atoms with Gasteiger partial charge in [-0.15, -0.1) is 0 Å². The average Bonchev–Trinajstić information content (AvgIpc) is 2.97. The van der Waals surface area contributed by atoms with E-state index in [-0.39, 0.29) is 5.96 Å². The number of unbranched alkanes of at least 4 members (excludes halogenated alkanes) is 2. The van der Waals surface area contributed by atoms with E-state index in [2.05, 4.69) is 17.5 Å². The van der Waals surface area contributed by atoms with Crippen LogP contribution in [0.15, 0.2) is 41.8 Å². The zero-order chi connectivity index (χ0) is 19.2. The molecule has 0 radical (unpaired) electrons. The van der Waals surface area contributed by atoms with Gasteiger partial charge in [0.1, 0.15) is 0 Å². The third kappa shape index (κ3) is 5.66. The van der Waals surface area contributed by atoms with Crippen molar-refractivity contribution in [3.05, 3.63) is 53.3 Å². The minimum atomic E-state index is -1.52. The number of hydrogen-bond donors (Lipinski definition) is 3. The Morgan fingerprint density at radius 1 is 1.27 bits per heavy atom. The molecule has 0 aliphatic carbocycles. The number of aryl methyl sites for hydroxylation is 1. The standard InChI is InChI=1S/C18H22Cl3N5/c1-2-3-4-7-13-11-26(12-14(13)10-24-25-17(22)23)16-9-6-5-8-15(16)18(19,20)21/h5-6,8-12H,2-4,7H2,1H3,(H4,22,23,25)/b24-10+. The van der Waals surface area contributed by atoms with Crippen molar-refractivity contribution in [2.75, 3.05) is 0 Å². The molecular weight excluding hydrogens is 393 g/mol. The lowest BCUT2D eigenvalue weighted by molar-refractivity contribution is 0.717. The van der Waals surface area contributed by atoms with E-state index < -0.39 is 3.79 Å². The van der Waals surface area contributed by atoms with E-state index in [4.69, 9.17) is 45.9 Å².